The molecule has 3 aliphatic rings. The standard InChI is InChI=1S/C24H35N3O4/c28-23(26-13-3-1-2-4-14-26)19-9-11-20(12-10-19)25-24(29)27(17-21-7-5-15-30-21)18-22-8-6-16-31-22/h9-12,21-22H,1-8,13-18H2,(H,25,29)/t21-,22-/m1/s1. The van der Waals surface area contributed by atoms with Gasteiger partial charge in [-0.15, -0.1) is 0 Å². The lowest BCUT2D eigenvalue weighted by Crippen LogP contribution is -2.44. The minimum absolute atomic E-state index is 0.0816. The Bertz CT molecular complexity index is 701. The molecule has 0 bridgehead atoms. The molecule has 170 valence electrons. The van der Waals surface area contributed by atoms with Crippen LogP contribution < -0.4 is 5.32 Å². The van der Waals surface area contributed by atoms with Crippen molar-refractivity contribution in [3.05, 3.63) is 29.8 Å². The lowest BCUT2D eigenvalue weighted by molar-refractivity contribution is 0.0524. The molecular formula is C24H35N3O4. The first-order valence-corrected chi connectivity index (χ1v) is 11.9. The Morgan fingerprint density at radius 3 is 1.97 bits per heavy atom. The molecule has 3 saturated heterocycles. The van der Waals surface area contributed by atoms with E-state index in [0.29, 0.717) is 24.3 Å². The number of carbonyl (C=O) groups is 2. The molecule has 7 heteroatoms. The molecule has 3 amide bonds. The summed E-state index contributed by atoms with van der Waals surface area (Å²) in [6, 6.07) is 7.12. The third kappa shape index (κ3) is 6.20. The van der Waals surface area contributed by atoms with Crippen molar-refractivity contribution in [1.29, 1.82) is 0 Å². The number of nitrogens with zero attached hydrogens (tertiary/aromatic N) is 2. The molecule has 3 fully saturated rings. The first-order chi connectivity index (χ1) is 15.2. The second kappa shape index (κ2) is 11.0. The van der Waals surface area contributed by atoms with Crippen molar-refractivity contribution in [2.24, 2.45) is 0 Å². The third-order valence-electron chi connectivity index (χ3n) is 6.46. The van der Waals surface area contributed by atoms with Crippen LogP contribution in [0, 0.1) is 0 Å². The van der Waals surface area contributed by atoms with E-state index in [4.69, 9.17) is 9.47 Å². The number of carbonyl (C=O) groups excluding carboxylic acids is 2. The number of hydrogen-bond acceptors (Lipinski definition) is 4. The molecule has 2 atom stereocenters. The zero-order valence-electron chi connectivity index (χ0n) is 18.4. The zero-order chi connectivity index (χ0) is 21.5. The van der Waals surface area contributed by atoms with E-state index in [9.17, 15) is 9.59 Å². The van der Waals surface area contributed by atoms with Crippen LogP contribution in [0.5, 0.6) is 0 Å². The van der Waals surface area contributed by atoms with Crippen LogP contribution in [0.3, 0.4) is 0 Å². The zero-order valence-corrected chi connectivity index (χ0v) is 18.4. The summed E-state index contributed by atoms with van der Waals surface area (Å²) in [7, 11) is 0. The predicted molar refractivity (Wildman–Crippen MR) is 119 cm³/mol. The van der Waals surface area contributed by atoms with Gasteiger partial charge in [0.15, 0.2) is 0 Å². The molecule has 31 heavy (non-hydrogen) atoms. The van der Waals surface area contributed by atoms with E-state index < -0.39 is 0 Å². The summed E-state index contributed by atoms with van der Waals surface area (Å²) in [6.45, 7) is 4.37. The smallest absolute Gasteiger partial charge is 0.322 e. The van der Waals surface area contributed by atoms with Crippen molar-refractivity contribution in [3.63, 3.8) is 0 Å². The number of urea groups is 1. The lowest BCUT2D eigenvalue weighted by Gasteiger charge is -2.28. The summed E-state index contributed by atoms with van der Waals surface area (Å²) in [6.07, 6.45) is 8.81. The molecule has 1 aromatic carbocycles. The largest absolute Gasteiger partial charge is 0.376 e. The van der Waals surface area contributed by atoms with E-state index in [1.807, 2.05) is 34.1 Å². The Labute approximate surface area is 185 Å². The van der Waals surface area contributed by atoms with Crippen LogP contribution in [0.4, 0.5) is 10.5 Å². The van der Waals surface area contributed by atoms with E-state index in [1.165, 1.54) is 12.8 Å². The van der Waals surface area contributed by atoms with E-state index in [1.54, 1.807) is 0 Å². The summed E-state index contributed by atoms with van der Waals surface area (Å²) in [5.41, 5.74) is 1.37. The lowest BCUT2D eigenvalue weighted by atomic mass is 10.1. The normalized spacial score (nSPS) is 24.1. The average molecular weight is 430 g/mol. The van der Waals surface area contributed by atoms with Gasteiger partial charge in [-0.1, -0.05) is 12.8 Å². The van der Waals surface area contributed by atoms with Gasteiger partial charge in [0, 0.05) is 50.6 Å². The first-order valence-electron chi connectivity index (χ1n) is 11.9. The van der Waals surface area contributed by atoms with Crippen LogP contribution in [0.1, 0.15) is 61.7 Å². The Morgan fingerprint density at radius 2 is 1.45 bits per heavy atom. The highest BCUT2D eigenvalue weighted by Gasteiger charge is 2.27. The third-order valence-corrected chi connectivity index (χ3v) is 6.46. The average Bonchev–Trinajstić information content (AvgIpc) is 3.42. The summed E-state index contributed by atoms with van der Waals surface area (Å²) >= 11 is 0. The van der Waals surface area contributed by atoms with Crippen molar-refractivity contribution in [2.45, 2.75) is 63.6 Å². The van der Waals surface area contributed by atoms with Crippen LogP contribution in [0.25, 0.3) is 0 Å². The van der Waals surface area contributed by atoms with Crippen LogP contribution in [-0.4, -0.2) is 73.3 Å². The van der Waals surface area contributed by atoms with Crippen molar-refractivity contribution < 1.29 is 19.1 Å². The molecular weight excluding hydrogens is 394 g/mol. The maximum atomic E-state index is 13.0. The molecule has 0 aliphatic carbocycles. The monoisotopic (exact) mass is 429 g/mol. The van der Waals surface area contributed by atoms with Gasteiger partial charge in [-0.05, 0) is 62.8 Å². The minimum Gasteiger partial charge on any atom is -0.376 e. The maximum absolute atomic E-state index is 13.0. The number of anilines is 1. The quantitative estimate of drug-likeness (QED) is 0.745. The number of nitrogens with one attached hydrogen (secondary N) is 1. The highest BCUT2D eigenvalue weighted by molar-refractivity contribution is 5.95. The molecule has 3 heterocycles. The highest BCUT2D eigenvalue weighted by Crippen LogP contribution is 2.19. The fraction of sp³-hybridized carbons (Fsp3) is 0.667. The molecule has 0 unspecified atom stereocenters. The van der Waals surface area contributed by atoms with Gasteiger partial charge in [0.1, 0.15) is 0 Å². The van der Waals surface area contributed by atoms with Gasteiger partial charge in [0.2, 0.25) is 0 Å². The van der Waals surface area contributed by atoms with Gasteiger partial charge in [-0.25, -0.2) is 4.79 Å². The molecule has 0 radical (unpaired) electrons. The minimum atomic E-state index is -0.141. The Hall–Kier alpha value is -2.12. The Morgan fingerprint density at radius 1 is 0.871 bits per heavy atom. The van der Waals surface area contributed by atoms with E-state index >= 15 is 0 Å². The fourth-order valence-corrected chi connectivity index (χ4v) is 4.66. The number of rotatable bonds is 6. The Kier molecular flexibility index (Phi) is 7.81. The SMILES string of the molecule is O=C(Nc1ccc(C(=O)N2CCCCCC2)cc1)N(C[C@H]1CCCO1)C[C@H]1CCCO1. The second-order valence-electron chi connectivity index (χ2n) is 8.89. The second-order valence-corrected chi connectivity index (χ2v) is 8.89. The number of hydrogen-bond donors (Lipinski definition) is 1. The van der Waals surface area contributed by atoms with Gasteiger partial charge < -0.3 is 24.6 Å². The van der Waals surface area contributed by atoms with Crippen LogP contribution in [0.15, 0.2) is 24.3 Å². The number of likely N-dealkylation sites (tertiary alicyclic amines) is 1. The molecule has 4 rings (SSSR count). The summed E-state index contributed by atoms with van der Waals surface area (Å²) < 4.78 is 11.5. The number of benzene rings is 1. The molecule has 0 spiro atoms. The van der Waals surface area contributed by atoms with Gasteiger partial charge >= 0.3 is 6.03 Å². The molecule has 1 N–H and O–H groups in total. The molecule has 1 aromatic rings. The van der Waals surface area contributed by atoms with Crippen LogP contribution >= 0.6 is 0 Å². The van der Waals surface area contributed by atoms with Gasteiger partial charge in [0.25, 0.3) is 5.91 Å². The number of amides is 3. The van der Waals surface area contributed by atoms with Gasteiger partial charge in [-0.2, -0.15) is 0 Å². The maximum Gasteiger partial charge on any atom is 0.322 e. The van der Waals surface area contributed by atoms with Gasteiger partial charge in [0.05, 0.1) is 12.2 Å². The molecule has 7 nitrogen and oxygen atoms in total. The molecule has 0 aromatic heterocycles. The predicted octanol–water partition coefficient (Wildman–Crippen LogP) is 3.89. The fourth-order valence-electron chi connectivity index (χ4n) is 4.66. The van der Waals surface area contributed by atoms with E-state index in [0.717, 1.165) is 64.8 Å². The summed E-state index contributed by atoms with van der Waals surface area (Å²) in [5, 5.41) is 3.00. The van der Waals surface area contributed by atoms with Crippen molar-refractivity contribution in [3.8, 4) is 0 Å². The number of ether oxygens (including phenoxy) is 2. The first kappa shape index (κ1) is 22.1. The summed E-state index contributed by atoms with van der Waals surface area (Å²) in [5.74, 6) is 0.0816. The van der Waals surface area contributed by atoms with Crippen molar-refractivity contribution in [2.75, 3.05) is 44.7 Å². The van der Waals surface area contributed by atoms with E-state index in [2.05, 4.69) is 5.32 Å². The van der Waals surface area contributed by atoms with E-state index in [-0.39, 0.29) is 24.1 Å². The Balaban J connectivity index is 1.36. The topological polar surface area (TPSA) is 71.1 Å². The van der Waals surface area contributed by atoms with Crippen LogP contribution in [-0.2, 0) is 9.47 Å². The van der Waals surface area contributed by atoms with Crippen LogP contribution in [0.2, 0.25) is 0 Å². The van der Waals surface area contributed by atoms with Crippen molar-refractivity contribution in [1.82, 2.24) is 9.80 Å². The van der Waals surface area contributed by atoms with Gasteiger partial charge in [-0.3, -0.25) is 4.79 Å². The summed E-state index contributed by atoms with van der Waals surface area (Å²) in [4.78, 5) is 29.6. The molecule has 0 saturated carbocycles. The molecule has 3 aliphatic heterocycles. The van der Waals surface area contributed by atoms with Crippen molar-refractivity contribution >= 4 is 17.6 Å². The highest BCUT2D eigenvalue weighted by atomic mass is 16.5.